The Morgan fingerprint density at radius 3 is 2.50 bits per heavy atom. The van der Waals surface area contributed by atoms with Crippen LogP contribution >= 0.6 is 11.6 Å². The third-order valence-electron chi connectivity index (χ3n) is 6.80. The molecule has 1 N–H and O–H groups in total. The molecule has 174 valence electrons. The molecular weight excluding hydrogens is 451 g/mol. The highest BCUT2D eigenvalue weighted by molar-refractivity contribution is 6.33. The van der Waals surface area contributed by atoms with Crippen LogP contribution < -0.4 is 0 Å². The molecule has 1 fully saturated rings. The third kappa shape index (κ3) is 4.50. The zero-order valence-electron chi connectivity index (χ0n) is 18.8. The van der Waals surface area contributed by atoms with Crippen LogP contribution in [0.15, 0.2) is 66.7 Å². The van der Waals surface area contributed by atoms with Crippen LogP contribution in [0.2, 0.25) is 5.02 Å². The van der Waals surface area contributed by atoms with Gasteiger partial charge in [-0.25, -0.2) is 9.07 Å². The van der Waals surface area contributed by atoms with Gasteiger partial charge < -0.3 is 5.11 Å². The normalized spacial score (nSPS) is 15.5. The number of hydrogen-bond acceptors (Lipinski definition) is 3. The summed E-state index contributed by atoms with van der Waals surface area (Å²) in [6.45, 7) is 0. The van der Waals surface area contributed by atoms with E-state index in [0.29, 0.717) is 34.8 Å². The van der Waals surface area contributed by atoms with Crippen LogP contribution in [0.1, 0.15) is 55.3 Å². The smallest absolute Gasteiger partial charge is 0.163 e. The number of carbonyl (C=O) groups excluding carboxylic acids is 1. The summed E-state index contributed by atoms with van der Waals surface area (Å²) in [5.74, 6) is -0.338. The fraction of sp³-hybridized carbons (Fsp3) is 0.286. The van der Waals surface area contributed by atoms with E-state index in [2.05, 4.69) is 0 Å². The van der Waals surface area contributed by atoms with Crippen LogP contribution in [-0.4, -0.2) is 26.3 Å². The van der Waals surface area contributed by atoms with Gasteiger partial charge in [0.05, 0.1) is 21.8 Å². The van der Waals surface area contributed by atoms with Gasteiger partial charge in [-0.2, -0.15) is 5.10 Å². The molecule has 4 aromatic rings. The van der Waals surface area contributed by atoms with Gasteiger partial charge in [0.15, 0.2) is 5.78 Å². The van der Waals surface area contributed by atoms with E-state index in [-0.39, 0.29) is 11.6 Å². The van der Waals surface area contributed by atoms with E-state index in [0.717, 1.165) is 48.6 Å². The molecule has 5 rings (SSSR count). The summed E-state index contributed by atoms with van der Waals surface area (Å²) in [4.78, 5) is 13.1. The number of fused-ring (bicyclic) bond motifs is 1. The van der Waals surface area contributed by atoms with Crippen molar-refractivity contribution in [1.29, 1.82) is 0 Å². The van der Waals surface area contributed by atoms with Crippen LogP contribution in [0.4, 0.5) is 4.39 Å². The molecule has 6 heteroatoms. The molecule has 0 unspecified atom stereocenters. The fourth-order valence-corrected chi connectivity index (χ4v) is 5.10. The summed E-state index contributed by atoms with van der Waals surface area (Å²) in [6, 6.07) is 19.1. The summed E-state index contributed by atoms with van der Waals surface area (Å²) in [5.41, 5.74) is 2.75. The second-order valence-electron chi connectivity index (χ2n) is 9.16. The molecule has 1 heterocycles. The summed E-state index contributed by atoms with van der Waals surface area (Å²) in [5, 5.41) is 17.0. The van der Waals surface area contributed by atoms with Gasteiger partial charge in [0.2, 0.25) is 0 Å². The Hall–Kier alpha value is -3.02. The first-order chi connectivity index (χ1) is 16.4. The lowest BCUT2D eigenvalue weighted by atomic mass is 9.81. The van der Waals surface area contributed by atoms with Gasteiger partial charge in [0.1, 0.15) is 11.5 Å². The standard InChI is InChI=1S/C28H26ClFN2O2/c29-24-7-3-2-6-22(24)27-23-13-8-19(26(33)14-17-28(34)15-4-1-5-16-28)18-25(23)32(31-27)21-11-9-20(30)10-12-21/h2-3,6-13,18,34H,1,4-5,14-17H2. The van der Waals surface area contributed by atoms with Crippen LogP contribution in [0.25, 0.3) is 27.8 Å². The molecule has 0 amide bonds. The summed E-state index contributed by atoms with van der Waals surface area (Å²) < 4.78 is 15.3. The molecule has 0 aliphatic heterocycles. The Balaban J connectivity index is 1.54. The van der Waals surface area contributed by atoms with Crippen LogP contribution in [0.3, 0.4) is 0 Å². The summed E-state index contributed by atoms with van der Waals surface area (Å²) in [6.07, 6.45) is 5.47. The Labute approximate surface area is 203 Å². The monoisotopic (exact) mass is 476 g/mol. The highest BCUT2D eigenvalue weighted by atomic mass is 35.5. The Bertz CT molecular complexity index is 1340. The van der Waals surface area contributed by atoms with Gasteiger partial charge in [0, 0.05) is 22.9 Å². The highest BCUT2D eigenvalue weighted by Crippen LogP contribution is 2.35. The van der Waals surface area contributed by atoms with Crippen molar-refractivity contribution >= 4 is 28.3 Å². The average Bonchev–Trinajstić information content (AvgIpc) is 3.22. The van der Waals surface area contributed by atoms with Crippen molar-refractivity contribution in [2.45, 2.75) is 50.5 Å². The SMILES string of the molecule is O=C(CCC1(O)CCCCC1)c1ccc2c(-c3ccccc3Cl)nn(-c3ccc(F)cc3)c2c1. The van der Waals surface area contributed by atoms with E-state index < -0.39 is 5.60 Å². The number of aromatic nitrogens is 2. The number of hydrogen-bond donors (Lipinski definition) is 1. The van der Waals surface area contributed by atoms with Crippen molar-refractivity contribution < 1.29 is 14.3 Å². The lowest BCUT2D eigenvalue weighted by molar-refractivity contribution is -0.00455. The van der Waals surface area contributed by atoms with E-state index in [4.69, 9.17) is 16.7 Å². The minimum Gasteiger partial charge on any atom is -0.390 e. The molecular formula is C28H26ClFN2O2. The molecule has 0 saturated heterocycles. The van der Waals surface area contributed by atoms with Crippen molar-refractivity contribution in [2.75, 3.05) is 0 Å². The van der Waals surface area contributed by atoms with Crippen LogP contribution in [-0.2, 0) is 0 Å². The van der Waals surface area contributed by atoms with Crippen LogP contribution in [0, 0.1) is 5.82 Å². The lowest BCUT2D eigenvalue weighted by Gasteiger charge is -2.31. The summed E-state index contributed by atoms with van der Waals surface area (Å²) in [7, 11) is 0. The first kappa shape index (κ1) is 22.8. The van der Waals surface area contributed by atoms with E-state index in [1.165, 1.54) is 12.1 Å². The molecule has 3 aromatic carbocycles. The Morgan fingerprint density at radius 1 is 1.03 bits per heavy atom. The minimum absolute atomic E-state index is 0.00736. The predicted molar refractivity (Wildman–Crippen MR) is 133 cm³/mol. The quantitative estimate of drug-likeness (QED) is 0.301. The van der Waals surface area contributed by atoms with Gasteiger partial charge in [0.25, 0.3) is 0 Å². The first-order valence-electron chi connectivity index (χ1n) is 11.7. The maximum atomic E-state index is 13.6. The average molecular weight is 477 g/mol. The number of halogens is 2. The molecule has 0 bridgehead atoms. The second kappa shape index (κ2) is 9.32. The number of rotatable bonds is 6. The number of ketones is 1. The number of aliphatic hydroxyl groups is 1. The largest absolute Gasteiger partial charge is 0.390 e. The molecule has 4 nitrogen and oxygen atoms in total. The van der Waals surface area contributed by atoms with E-state index in [9.17, 15) is 14.3 Å². The lowest BCUT2D eigenvalue weighted by Crippen LogP contribution is -2.31. The van der Waals surface area contributed by atoms with Crippen molar-refractivity contribution in [3.05, 3.63) is 83.1 Å². The number of Topliss-reactive ketones (excluding diaryl/α,β-unsaturated/α-hetero) is 1. The zero-order valence-corrected chi connectivity index (χ0v) is 19.6. The number of benzene rings is 3. The second-order valence-corrected chi connectivity index (χ2v) is 9.56. The van der Waals surface area contributed by atoms with Gasteiger partial charge in [-0.15, -0.1) is 0 Å². The molecule has 1 aliphatic rings. The summed E-state index contributed by atoms with van der Waals surface area (Å²) >= 11 is 6.47. The van der Waals surface area contributed by atoms with Gasteiger partial charge in [-0.3, -0.25) is 4.79 Å². The van der Waals surface area contributed by atoms with Crippen molar-refractivity contribution in [3.8, 4) is 16.9 Å². The topological polar surface area (TPSA) is 55.1 Å². The van der Waals surface area contributed by atoms with Gasteiger partial charge in [-0.05, 0) is 61.7 Å². The molecule has 1 saturated carbocycles. The fourth-order valence-electron chi connectivity index (χ4n) is 4.87. The minimum atomic E-state index is -0.731. The van der Waals surface area contributed by atoms with Crippen molar-refractivity contribution in [1.82, 2.24) is 9.78 Å². The molecule has 0 atom stereocenters. The highest BCUT2D eigenvalue weighted by Gasteiger charge is 2.29. The maximum absolute atomic E-state index is 13.6. The van der Waals surface area contributed by atoms with Crippen LogP contribution in [0.5, 0.6) is 0 Å². The number of carbonyl (C=O) groups is 1. The van der Waals surface area contributed by atoms with Gasteiger partial charge >= 0.3 is 0 Å². The molecule has 1 aromatic heterocycles. The van der Waals surface area contributed by atoms with E-state index >= 15 is 0 Å². The third-order valence-corrected chi connectivity index (χ3v) is 7.13. The zero-order chi connectivity index (χ0) is 23.7. The molecule has 1 aliphatic carbocycles. The predicted octanol–water partition coefficient (Wildman–Crippen LogP) is 7.14. The Morgan fingerprint density at radius 2 is 1.76 bits per heavy atom. The van der Waals surface area contributed by atoms with Crippen molar-refractivity contribution in [2.24, 2.45) is 0 Å². The maximum Gasteiger partial charge on any atom is 0.163 e. The Kier molecular flexibility index (Phi) is 6.24. The molecule has 34 heavy (non-hydrogen) atoms. The number of nitrogens with zero attached hydrogens (tertiary/aromatic N) is 2. The van der Waals surface area contributed by atoms with E-state index in [1.54, 1.807) is 16.8 Å². The molecule has 0 spiro atoms. The first-order valence-corrected chi connectivity index (χ1v) is 12.1. The van der Waals surface area contributed by atoms with Crippen molar-refractivity contribution in [3.63, 3.8) is 0 Å². The van der Waals surface area contributed by atoms with Gasteiger partial charge in [-0.1, -0.05) is 55.1 Å². The molecule has 0 radical (unpaired) electrons. The van der Waals surface area contributed by atoms with E-state index in [1.807, 2.05) is 42.5 Å².